The van der Waals surface area contributed by atoms with Crippen LogP contribution >= 0.6 is 15.9 Å². The molecule has 2 aromatic carbocycles. The number of fused-ring (bicyclic) bond motifs is 1. The molecule has 1 aliphatic heterocycles. The van der Waals surface area contributed by atoms with Crippen LogP contribution in [0.25, 0.3) is 11.0 Å². The number of aryl methyl sites for hydroxylation is 1. The summed E-state index contributed by atoms with van der Waals surface area (Å²) < 4.78 is 6.81. The van der Waals surface area contributed by atoms with Crippen LogP contribution in [0.3, 0.4) is 0 Å². The number of likely N-dealkylation sites (tertiary alicyclic amines) is 1. The van der Waals surface area contributed by atoms with Crippen molar-refractivity contribution >= 4 is 26.9 Å². The van der Waals surface area contributed by atoms with E-state index < -0.39 is 0 Å². The summed E-state index contributed by atoms with van der Waals surface area (Å²) in [5, 5.41) is 1.25. The lowest BCUT2D eigenvalue weighted by atomic mass is 10.0. The van der Waals surface area contributed by atoms with E-state index in [0.29, 0.717) is 6.04 Å². The van der Waals surface area contributed by atoms with Crippen molar-refractivity contribution in [2.75, 3.05) is 26.7 Å². The molecule has 4 heteroatoms. The molecule has 3 aromatic rings. The Balaban J connectivity index is 1.22. The fraction of sp³-hybridized carbons (Fsp3) is 0.417. The fourth-order valence-electron chi connectivity index (χ4n) is 4.32. The molecule has 1 aromatic heterocycles. The third kappa shape index (κ3) is 4.86. The lowest BCUT2D eigenvalue weighted by molar-refractivity contribution is 0.122. The number of furan rings is 1. The minimum atomic E-state index is 0.701. The Bertz CT molecular complexity index is 884. The third-order valence-electron chi connectivity index (χ3n) is 5.99. The zero-order chi connectivity index (χ0) is 19.3. The van der Waals surface area contributed by atoms with E-state index in [-0.39, 0.29) is 0 Å². The van der Waals surface area contributed by atoms with Gasteiger partial charge in [-0.3, -0.25) is 4.90 Å². The van der Waals surface area contributed by atoms with Gasteiger partial charge in [0.15, 0.2) is 0 Å². The minimum absolute atomic E-state index is 0.701. The van der Waals surface area contributed by atoms with Crippen molar-refractivity contribution in [3.8, 4) is 0 Å². The molecule has 0 amide bonds. The molecule has 1 aliphatic rings. The second kappa shape index (κ2) is 9.25. The maximum absolute atomic E-state index is 5.70. The van der Waals surface area contributed by atoms with Crippen LogP contribution in [0, 0.1) is 0 Å². The Hall–Kier alpha value is -1.62. The van der Waals surface area contributed by atoms with E-state index in [1.807, 2.05) is 18.4 Å². The highest BCUT2D eigenvalue weighted by atomic mass is 79.9. The van der Waals surface area contributed by atoms with Crippen LogP contribution in [-0.4, -0.2) is 42.5 Å². The molecule has 28 heavy (non-hydrogen) atoms. The minimum Gasteiger partial charge on any atom is -0.464 e. The monoisotopic (exact) mass is 440 g/mol. The summed E-state index contributed by atoms with van der Waals surface area (Å²) in [5.74, 6) is 0. The second-order valence-corrected chi connectivity index (χ2v) is 8.89. The van der Waals surface area contributed by atoms with Gasteiger partial charge in [-0.25, -0.2) is 0 Å². The maximum Gasteiger partial charge on any atom is 0.134 e. The first-order valence-corrected chi connectivity index (χ1v) is 11.1. The van der Waals surface area contributed by atoms with Gasteiger partial charge in [0.25, 0.3) is 0 Å². The summed E-state index contributed by atoms with van der Waals surface area (Å²) in [6, 6.07) is 17.8. The third-order valence-corrected chi connectivity index (χ3v) is 6.48. The lowest BCUT2D eigenvalue weighted by Crippen LogP contribution is -2.43. The highest BCUT2D eigenvalue weighted by molar-refractivity contribution is 9.10. The van der Waals surface area contributed by atoms with Gasteiger partial charge >= 0.3 is 0 Å². The molecule has 4 rings (SSSR count). The molecule has 1 fully saturated rings. The molecule has 0 aliphatic carbocycles. The Morgan fingerprint density at radius 2 is 1.89 bits per heavy atom. The van der Waals surface area contributed by atoms with Crippen LogP contribution in [0.15, 0.2) is 63.7 Å². The van der Waals surface area contributed by atoms with Crippen LogP contribution < -0.4 is 0 Å². The topological polar surface area (TPSA) is 19.6 Å². The van der Waals surface area contributed by atoms with E-state index in [1.54, 1.807) is 0 Å². The first kappa shape index (κ1) is 19.7. The summed E-state index contributed by atoms with van der Waals surface area (Å²) in [6.45, 7) is 4.65. The standard InChI is InChI=1S/C24H29BrN2O/c1-26(17-19-6-3-2-4-7-19)22-11-14-27(15-12-22)13-5-8-20-18-28-24-10-9-21(25)16-23(20)24/h2-4,6-7,9-10,16,18,22H,5,8,11-15,17H2,1H3. The van der Waals surface area contributed by atoms with Gasteiger partial charge in [-0.05, 0) is 81.7 Å². The Morgan fingerprint density at radius 1 is 1.11 bits per heavy atom. The van der Waals surface area contributed by atoms with Gasteiger partial charge in [0.2, 0.25) is 0 Å². The lowest BCUT2D eigenvalue weighted by Gasteiger charge is -2.36. The quantitative estimate of drug-likeness (QED) is 0.467. The van der Waals surface area contributed by atoms with Crippen molar-refractivity contribution in [1.82, 2.24) is 9.80 Å². The van der Waals surface area contributed by atoms with E-state index in [2.05, 4.69) is 69.2 Å². The number of piperidine rings is 1. The van der Waals surface area contributed by atoms with Crippen LogP contribution in [0.4, 0.5) is 0 Å². The summed E-state index contributed by atoms with van der Waals surface area (Å²) in [6.07, 6.45) is 6.74. The normalized spacial score (nSPS) is 16.2. The van der Waals surface area contributed by atoms with Crippen LogP contribution in [-0.2, 0) is 13.0 Å². The van der Waals surface area contributed by atoms with Crippen LogP contribution in [0.2, 0.25) is 0 Å². The first-order valence-electron chi connectivity index (χ1n) is 10.3. The zero-order valence-corrected chi connectivity index (χ0v) is 18.2. The molecule has 0 atom stereocenters. The molecule has 0 N–H and O–H groups in total. The van der Waals surface area contributed by atoms with E-state index in [9.17, 15) is 0 Å². The molecule has 3 nitrogen and oxygen atoms in total. The van der Waals surface area contributed by atoms with E-state index >= 15 is 0 Å². The highest BCUT2D eigenvalue weighted by Crippen LogP contribution is 2.26. The SMILES string of the molecule is CN(Cc1ccccc1)C1CCN(CCCc2coc3ccc(Br)cc23)CC1. The molecule has 0 spiro atoms. The first-order chi connectivity index (χ1) is 13.7. The van der Waals surface area contributed by atoms with Crippen molar-refractivity contribution in [3.63, 3.8) is 0 Å². The smallest absolute Gasteiger partial charge is 0.134 e. The molecule has 0 unspecified atom stereocenters. The molecule has 0 bridgehead atoms. The van der Waals surface area contributed by atoms with Crippen LogP contribution in [0.5, 0.6) is 0 Å². The Morgan fingerprint density at radius 3 is 2.68 bits per heavy atom. The number of nitrogens with zero attached hydrogens (tertiary/aromatic N) is 2. The van der Waals surface area contributed by atoms with Gasteiger partial charge in [0.05, 0.1) is 6.26 Å². The summed E-state index contributed by atoms with van der Waals surface area (Å²) in [7, 11) is 2.27. The molecular weight excluding hydrogens is 412 g/mol. The van der Waals surface area contributed by atoms with Crippen molar-refractivity contribution < 1.29 is 4.42 Å². The van der Waals surface area contributed by atoms with Crippen molar-refractivity contribution in [1.29, 1.82) is 0 Å². The van der Waals surface area contributed by atoms with E-state index in [1.165, 1.54) is 55.4 Å². The van der Waals surface area contributed by atoms with Crippen molar-refractivity contribution in [3.05, 3.63) is 70.4 Å². The number of halogens is 1. The Kier molecular flexibility index (Phi) is 6.50. The van der Waals surface area contributed by atoms with Gasteiger partial charge < -0.3 is 9.32 Å². The predicted molar refractivity (Wildman–Crippen MR) is 120 cm³/mol. The molecule has 148 valence electrons. The van der Waals surface area contributed by atoms with E-state index in [4.69, 9.17) is 4.42 Å². The predicted octanol–water partition coefficient (Wildman–Crippen LogP) is 5.72. The van der Waals surface area contributed by atoms with Gasteiger partial charge in [0.1, 0.15) is 5.58 Å². The van der Waals surface area contributed by atoms with Crippen molar-refractivity contribution in [2.45, 2.75) is 38.3 Å². The van der Waals surface area contributed by atoms with Gasteiger partial charge in [-0.1, -0.05) is 46.3 Å². The van der Waals surface area contributed by atoms with Gasteiger partial charge in [-0.15, -0.1) is 0 Å². The second-order valence-electron chi connectivity index (χ2n) is 7.98. The Labute approximate surface area is 176 Å². The molecule has 1 saturated heterocycles. The zero-order valence-electron chi connectivity index (χ0n) is 16.6. The average molecular weight is 441 g/mol. The number of hydrogen-bond donors (Lipinski definition) is 0. The summed E-state index contributed by atoms with van der Waals surface area (Å²) in [5.41, 5.74) is 3.72. The molecule has 0 saturated carbocycles. The fourth-order valence-corrected chi connectivity index (χ4v) is 4.69. The van der Waals surface area contributed by atoms with Gasteiger partial charge in [-0.2, -0.15) is 0 Å². The average Bonchev–Trinajstić information content (AvgIpc) is 3.11. The maximum atomic E-state index is 5.70. The number of rotatable bonds is 7. The molecule has 0 radical (unpaired) electrons. The van der Waals surface area contributed by atoms with Crippen LogP contribution in [0.1, 0.15) is 30.4 Å². The van der Waals surface area contributed by atoms with Gasteiger partial charge in [0, 0.05) is 22.4 Å². The highest BCUT2D eigenvalue weighted by Gasteiger charge is 2.22. The van der Waals surface area contributed by atoms with Crippen molar-refractivity contribution in [2.24, 2.45) is 0 Å². The summed E-state index contributed by atoms with van der Waals surface area (Å²) >= 11 is 3.57. The molecule has 2 heterocycles. The van der Waals surface area contributed by atoms with E-state index in [0.717, 1.165) is 23.0 Å². The molecular formula is C24H29BrN2O. The number of benzene rings is 2. The summed E-state index contributed by atoms with van der Waals surface area (Å²) in [4.78, 5) is 5.16. The number of hydrogen-bond acceptors (Lipinski definition) is 3. The largest absolute Gasteiger partial charge is 0.464 e.